The van der Waals surface area contributed by atoms with Crippen molar-refractivity contribution in [1.82, 2.24) is 5.32 Å². The molecule has 4 nitrogen and oxygen atoms in total. The molecule has 2 rings (SSSR count). The summed E-state index contributed by atoms with van der Waals surface area (Å²) in [6.45, 7) is 2.31. The van der Waals surface area contributed by atoms with Gasteiger partial charge in [-0.25, -0.2) is 0 Å². The summed E-state index contributed by atoms with van der Waals surface area (Å²) >= 11 is 0. The summed E-state index contributed by atoms with van der Waals surface area (Å²) in [6, 6.07) is 13.4. The maximum atomic E-state index is 11.9. The number of carbonyl (C=O) groups excluding carboxylic acids is 1. The zero-order valence-electron chi connectivity index (χ0n) is 11.3. The maximum absolute atomic E-state index is 11.9. The first kappa shape index (κ1) is 13.9. The minimum Gasteiger partial charge on any atom is -0.467 e. The molecular weight excluding hydrogens is 252 g/mol. The van der Waals surface area contributed by atoms with Crippen LogP contribution in [0.15, 0.2) is 47.1 Å². The lowest BCUT2D eigenvalue weighted by atomic mass is 9.95. The SMILES string of the molecule is Cc1cccc(C(C#N)CC(=O)NCc2ccco2)c1. The van der Waals surface area contributed by atoms with Gasteiger partial charge in [-0.2, -0.15) is 5.26 Å². The summed E-state index contributed by atoms with van der Waals surface area (Å²) in [5, 5.41) is 12.0. The molecule has 0 spiro atoms. The summed E-state index contributed by atoms with van der Waals surface area (Å²) in [4.78, 5) is 11.9. The second-order valence-electron chi connectivity index (χ2n) is 4.66. The van der Waals surface area contributed by atoms with Gasteiger partial charge in [0, 0.05) is 6.42 Å². The molecule has 0 saturated heterocycles. The normalized spacial score (nSPS) is 11.6. The molecule has 0 bridgehead atoms. The van der Waals surface area contributed by atoms with Gasteiger partial charge in [-0.05, 0) is 24.6 Å². The van der Waals surface area contributed by atoms with Gasteiger partial charge < -0.3 is 9.73 Å². The number of amides is 1. The van der Waals surface area contributed by atoms with Crippen LogP contribution >= 0.6 is 0 Å². The van der Waals surface area contributed by atoms with Crippen LogP contribution in [0, 0.1) is 18.3 Å². The molecule has 1 atom stereocenters. The van der Waals surface area contributed by atoms with Crippen molar-refractivity contribution in [3.8, 4) is 6.07 Å². The summed E-state index contributed by atoms with van der Waals surface area (Å²) in [6.07, 6.45) is 1.72. The number of hydrogen-bond acceptors (Lipinski definition) is 3. The molecular formula is C16H16N2O2. The van der Waals surface area contributed by atoms with E-state index >= 15 is 0 Å². The molecule has 0 radical (unpaired) electrons. The zero-order valence-corrected chi connectivity index (χ0v) is 11.3. The van der Waals surface area contributed by atoms with Gasteiger partial charge in [-0.15, -0.1) is 0 Å². The van der Waals surface area contributed by atoms with E-state index in [9.17, 15) is 10.1 Å². The van der Waals surface area contributed by atoms with Gasteiger partial charge in [0.1, 0.15) is 5.76 Å². The van der Waals surface area contributed by atoms with Crippen LogP contribution in [0.25, 0.3) is 0 Å². The molecule has 20 heavy (non-hydrogen) atoms. The molecule has 1 amide bonds. The highest BCUT2D eigenvalue weighted by molar-refractivity contribution is 5.77. The summed E-state index contributed by atoms with van der Waals surface area (Å²) in [5.74, 6) is 0.114. The van der Waals surface area contributed by atoms with Crippen LogP contribution in [0.4, 0.5) is 0 Å². The molecule has 1 aromatic heterocycles. The fourth-order valence-corrected chi connectivity index (χ4v) is 1.98. The largest absolute Gasteiger partial charge is 0.467 e. The molecule has 1 N–H and O–H groups in total. The number of nitrogens with one attached hydrogen (secondary N) is 1. The van der Waals surface area contributed by atoms with Crippen LogP contribution in [0.2, 0.25) is 0 Å². The predicted molar refractivity (Wildman–Crippen MR) is 74.7 cm³/mol. The maximum Gasteiger partial charge on any atom is 0.222 e. The number of rotatable bonds is 5. The van der Waals surface area contributed by atoms with Crippen LogP contribution in [0.1, 0.15) is 29.2 Å². The van der Waals surface area contributed by atoms with Crippen molar-refractivity contribution in [2.45, 2.75) is 25.8 Å². The highest BCUT2D eigenvalue weighted by Crippen LogP contribution is 2.19. The first-order valence-corrected chi connectivity index (χ1v) is 6.44. The number of furan rings is 1. The third kappa shape index (κ3) is 3.72. The van der Waals surface area contributed by atoms with E-state index in [1.807, 2.05) is 31.2 Å². The van der Waals surface area contributed by atoms with Gasteiger partial charge in [0.2, 0.25) is 5.91 Å². The molecule has 4 heteroatoms. The van der Waals surface area contributed by atoms with Crippen molar-refractivity contribution >= 4 is 5.91 Å². The summed E-state index contributed by atoms with van der Waals surface area (Å²) in [5.41, 5.74) is 1.96. The Hall–Kier alpha value is -2.54. The van der Waals surface area contributed by atoms with E-state index in [0.29, 0.717) is 12.3 Å². The lowest BCUT2D eigenvalue weighted by Gasteiger charge is -2.10. The molecule has 1 unspecified atom stereocenters. The Balaban J connectivity index is 1.93. The van der Waals surface area contributed by atoms with E-state index in [0.717, 1.165) is 11.1 Å². The summed E-state index contributed by atoms with van der Waals surface area (Å²) < 4.78 is 5.14. The number of carbonyl (C=O) groups is 1. The fourth-order valence-electron chi connectivity index (χ4n) is 1.98. The Bertz CT molecular complexity index is 612. The first-order chi connectivity index (χ1) is 9.69. The number of aryl methyl sites for hydroxylation is 1. The lowest BCUT2D eigenvalue weighted by molar-refractivity contribution is -0.121. The lowest BCUT2D eigenvalue weighted by Crippen LogP contribution is -2.24. The Morgan fingerprint density at radius 3 is 2.90 bits per heavy atom. The monoisotopic (exact) mass is 268 g/mol. The van der Waals surface area contributed by atoms with Gasteiger partial charge in [0.15, 0.2) is 0 Å². The van der Waals surface area contributed by atoms with Gasteiger partial charge in [-0.3, -0.25) is 4.79 Å². The molecule has 1 heterocycles. The van der Waals surface area contributed by atoms with Gasteiger partial charge in [0.25, 0.3) is 0 Å². The predicted octanol–water partition coefficient (Wildman–Crippen LogP) is 2.90. The molecule has 2 aromatic rings. The third-order valence-electron chi connectivity index (χ3n) is 3.03. The van der Waals surface area contributed by atoms with E-state index in [1.165, 1.54) is 0 Å². The van der Waals surface area contributed by atoms with Gasteiger partial charge in [-0.1, -0.05) is 29.8 Å². The van der Waals surface area contributed by atoms with Crippen LogP contribution in [0.3, 0.4) is 0 Å². The Labute approximate surface area is 118 Å². The van der Waals surface area contributed by atoms with Crippen LogP contribution in [-0.4, -0.2) is 5.91 Å². The van der Waals surface area contributed by atoms with Crippen molar-refractivity contribution in [3.05, 3.63) is 59.5 Å². The molecule has 0 aliphatic heterocycles. The van der Waals surface area contributed by atoms with Crippen LogP contribution < -0.4 is 5.32 Å². The molecule has 102 valence electrons. The van der Waals surface area contributed by atoms with Crippen molar-refractivity contribution < 1.29 is 9.21 Å². The van der Waals surface area contributed by atoms with Crippen molar-refractivity contribution in [2.24, 2.45) is 0 Å². The number of nitrogens with zero attached hydrogens (tertiary/aromatic N) is 1. The Morgan fingerprint density at radius 1 is 1.40 bits per heavy atom. The Morgan fingerprint density at radius 2 is 2.25 bits per heavy atom. The topological polar surface area (TPSA) is 66.0 Å². The zero-order chi connectivity index (χ0) is 14.4. The van der Waals surface area contributed by atoms with Crippen molar-refractivity contribution in [2.75, 3.05) is 0 Å². The minimum absolute atomic E-state index is 0.153. The molecule has 0 aliphatic carbocycles. The van der Waals surface area contributed by atoms with Crippen molar-refractivity contribution in [1.29, 1.82) is 5.26 Å². The molecule has 0 fully saturated rings. The molecule has 0 aliphatic rings. The van der Waals surface area contributed by atoms with Crippen LogP contribution in [-0.2, 0) is 11.3 Å². The second-order valence-corrected chi connectivity index (χ2v) is 4.66. The van der Waals surface area contributed by atoms with E-state index in [1.54, 1.807) is 18.4 Å². The van der Waals surface area contributed by atoms with Gasteiger partial charge >= 0.3 is 0 Å². The second kappa shape index (κ2) is 6.58. The average molecular weight is 268 g/mol. The van der Waals surface area contributed by atoms with E-state index in [4.69, 9.17) is 4.42 Å². The number of nitriles is 1. The number of benzene rings is 1. The molecule has 0 saturated carbocycles. The van der Waals surface area contributed by atoms with Crippen LogP contribution in [0.5, 0.6) is 0 Å². The third-order valence-corrected chi connectivity index (χ3v) is 3.03. The quantitative estimate of drug-likeness (QED) is 0.906. The Kier molecular flexibility index (Phi) is 4.56. The van der Waals surface area contributed by atoms with Crippen molar-refractivity contribution in [3.63, 3.8) is 0 Å². The number of hydrogen-bond donors (Lipinski definition) is 1. The highest BCUT2D eigenvalue weighted by Gasteiger charge is 2.15. The minimum atomic E-state index is -0.425. The average Bonchev–Trinajstić information content (AvgIpc) is 2.96. The van der Waals surface area contributed by atoms with E-state index in [2.05, 4.69) is 11.4 Å². The standard InChI is InChI=1S/C16H16N2O2/c1-12-4-2-5-13(8-12)14(10-17)9-16(19)18-11-15-6-3-7-20-15/h2-8,14H,9,11H2,1H3,(H,18,19). The molecule has 1 aromatic carbocycles. The fraction of sp³-hybridized carbons (Fsp3) is 0.250. The first-order valence-electron chi connectivity index (χ1n) is 6.44. The highest BCUT2D eigenvalue weighted by atomic mass is 16.3. The smallest absolute Gasteiger partial charge is 0.222 e. The van der Waals surface area contributed by atoms with Gasteiger partial charge in [0.05, 0.1) is 24.8 Å². The summed E-state index contributed by atoms with van der Waals surface area (Å²) in [7, 11) is 0. The van der Waals surface area contributed by atoms with E-state index in [-0.39, 0.29) is 12.3 Å². The van der Waals surface area contributed by atoms with E-state index < -0.39 is 5.92 Å².